The number of aryl methyl sites for hydroxylation is 1. The Morgan fingerprint density at radius 2 is 2.22 bits per heavy atom. The third-order valence-corrected chi connectivity index (χ3v) is 4.26. The van der Waals surface area contributed by atoms with Crippen molar-refractivity contribution in [3.8, 4) is 0 Å². The zero-order chi connectivity index (χ0) is 12.7. The van der Waals surface area contributed by atoms with Gasteiger partial charge >= 0.3 is 0 Å². The first-order chi connectivity index (χ1) is 8.67. The van der Waals surface area contributed by atoms with Crippen molar-refractivity contribution in [1.29, 1.82) is 0 Å². The lowest BCUT2D eigenvalue weighted by atomic mass is 10.0. The summed E-state index contributed by atoms with van der Waals surface area (Å²) in [6.45, 7) is 3.67. The number of furan rings is 1. The Balaban J connectivity index is 1.84. The molecule has 1 saturated heterocycles. The third-order valence-electron chi connectivity index (χ3n) is 3.35. The van der Waals surface area contributed by atoms with Gasteiger partial charge in [-0.25, -0.2) is 0 Å². The van der Waals surface area contributed by atoms with Crippen molar-refractivity contribution >= 4 is 32.8 Å². The number of rotatable bonds is 2. The van der Waals surface area contributed by atoms with Crippen LogP contribution in [0.4, 0.5) is 0 Å². The fourth-order valence-corrected chi connectivity index (χ4v) is 2.67. The topological polar surface area (TPSA) is 33.5 Å². The van der Waals surface area contributed by atoms with E-state index < -0.39 is 0 Å². The number of likely N-dealkylation sites (tertiary alicyclic amines) is 1. The van der Waals surface area contributed by atoms with Gasteiger partial charge in [0.1, 0.15) is 5.58 Å². The number of alkyl halides is 1. The molecule has 3 nitrogen and oxygen atoms in total. The van der Waals surface area contributed by atoms with Gasteiger partial charge in [0.05, 0.1) is 0 Å². The summed E-state index contributed by atoms with van der Waals surface area (Å²) >= 11 is 3.43. The van der Waals surface area contributed by atoms with Gasteiger partial charge < -0.3 is 9.32 Å². The van der Waals surface area contributed by atoms with E-state index in [9.17, 15) is 4.79 Å². The first-order valence-corrected chi connectivity index (χ1v) is 7.15. The number of carbonyl (C=O) groups excluding carboxylic acids is 1. The molecular weight excluding hydrogens is 294 g/mol. The molecule has 1 aromatic heterocycles. The minimum Gasteiger partial charge on any atom is -0.451 e. The smallest absolute Gasteiger partial charge is 0.289 e. The van der Waals surface area contributed by atoms with E-state index in [1.807, 2.05) is 36.1 Å². The molecule has 0 saturated carbocycles. The van der Waals surface area contributed by atoms with Crippen LogP contribution in [0.3, 0.4) is 0 Å². The molecule has 1 aromatic carbocycles. The van der Waals surface area contributed by atoms with Gasteiger partial charge in [0.2, 0.25) is 0 Å². The molecule has 0 unspecified atom stereocenters. The average Bonchev–Trinajstić information content (AvgIpc) is 2.70. The molecule has 1 aliphatic rings. The molecule has 0 spiro atoms. The van der Waals surface area contributed by atoms with Crippen LogP contribution < -0.4 is 0 Å². The van der Waals surface area contributed by atoms with Crippen LogP contribution in [0.2, 0.25) is 0 Å². The number of benzene rings is 1. The van der Waals surface area contributed by atoms with E-state index in [0.717, 1.165) is 29.4 Å². The zero-order valence-corrected chi connectivity index (χ0v) is 11.7. The highest BCUT2D eigenvalue weighted by Gasteiger charge is 2.31. The Hall–Kier alpha value is -1.29. The molecule has 0 aliphatic carbocycles. The first kappa shape index (κ1) is 11.8. The Kier molecular flexibility index (Phi) is 2.90. The average molecular weight is 308 g/mol. The molecule has 1 aliphatic heterocycles. The normalized spacial score (nSPS) is 16.0. The number of halogens is 1. The van der Waals surface area contributed by atoms with Gasteiger partial charge in [-0.3, -0.25) is 4.79 Å². The maximum Gasteiger partial charge on any atom is 0.289 e. The van der Waals surface area contributed by atoms with Crippen LogP contribution in [0.25, 0.3) is 11.0 Å². The standard InChI is InChI=1S/C14H14BrNO2/c1-9-2-3-12-11(4-9)5-13(18-12)14(17)16-7-10(6-15)8-16/h2-5,10H,6-8H2,1H3. The molecular formula is C14H14BrNO2. The van der Waals surface area contributed by atoms with Gasteiger partial charge in [-0.05, 0) is 25.1 Å². The molecule has 0 N–H and O–H groups in total. The molecule has 2 heterocycles. The highest BCUT2D eigenvalue weighted by atomic mass is 79.9. The second kappa shape index (κ2) is 4.43. The van der Waals surface area contributed by atoms with E-state index in [0.29, 0.717) is 11.7 Å². The lowest BCUT2D eigenvalue weighted by Crippen LogP contribution is -2.50. The van der Waals surface area contributed by atoms with Crippen LogP contribution in [0.15, 0.2) is 28.7 Å². The minimum absolute atomic E-state index is 0.000975. The van der Waals surface area contributed by atoms with Crippen molar-refractivity contribution in [2.75, 3.05) is 18.4 Å². The Morgan fingerprint density at radius 3 is 2.94 bits per heavy atom. The quantitative estimate of drug-likeness (QED) is 0.798. The molecule has 94 valence electrons. The summed E-state index contributed by atoms with van der Waals surface area (Å²) in [7, 11) is 0. The van der Waals surface area contributed by atoms with E-state index in [1.54, 1.807) is 0 Å². The van der Waals surface area contributed by atoms with Crippen LogP contribution in [0.1, 0.15) is 16.1 Å². The number of hydrogen-bond acceptors (Lipinski definition) is 2. The zero-order valence-electron chi connectivity index (χ0n) is 10.1. The molecule has 0 bridgehead atoms. The van der Waals surface area contributed by atoms with Crippen molar-refractivity contribution in [3.63, 3.8) is 0 Å². The molecule has 1 fully saturated rings. The van der Waals surface area contributed by atoms with E-state index >= 15 is 0 Å². The van der Waals surface area contributed by atoms with E-state index in [2.05, 4.69) is 15.9 Å². The highest BCUT2D eigenvalue weighted by molar-refractivity contribution is 9.09. The SMILES string of the molecule is Cc1ccc2oc(C(=O)N3CC(CBr)C3)cc2c1. The largest absolute Gasteiger partial charge is 0.451 e. The summed E-state index contributed by atoms with van der Waals surface area (Å²) in [6, 6.07) is 7.78. The molecule has 0 radical (unpaired) electrons. The summed E-state index contributed by atoms with van der Waals surface area (Å²) in [5.74, 6) is 1.03. The highest BCUT2D eigenvalue weighted by Crippen LogP contribution is 2.25. The van der Waals surface area contributed by atoms with Gasteiger partial charge in [-0.2, -0.15) is 0 Å². The lowest BCUT2D eigenvalue weighted by Gasteiger charge is -2.37. The van der Waals surface area contributed by atoms with Gasteiger partial charge in [0.25, 0.3) is 5.91 Å². The molecule has 18 heavy (non-hydrogen) atoms. The molecule has 2 aromatic rings. The molecule has 3 rings (SSSR count). The van der Waals surface area contributed by atoms with E-state index in [1.165, 1.54) is 5.56 Å². The summed E-state index contributed by atoms with van der Waals surface area (Å²) in [5.41, 5.74) is 1.95. The van der Waals surface area contributed by atoms with Crippen molar-refractivity contribution in [1.82, 2.24) is 4.90 Å². The van der Waals surface area contributed by atoms with Crippen LogP contribution >= 0.6 is 15.9 Å². The summed E-state index contributed by atoms with van der Waals surface area (Å²) in [5, 5.41) is 1.95. The number of nitrogens with zero attached hydrogens (tertiary/aromatic N) is 1. The van der Waals surface area contributed by atoms with Crippen molar-refractivity contribution < 1.29 is 9.21 Å². The number of fused-ring (bicyclic) bond motifs is 1. The number of amides is 1. The van der Waals surface area contributed by atoms with E-state index in [4.69, 9.17) is 4.42 Å². The second-order valence-electron chi connectivity index (χ2n) is 4.88. The van der Waals surface area contributed by atoms with Gasteiger partial charge in [0.15, 0.2) is 5.76 Å². The predicted molar refractivity (Wildman–Crippen MR) is 74.1 cm³/mol. The maximum absolute atomic E-state index is 12.2. The fourth-order valence-electron chi connectivity index (χ4n) is 2.26. The monoisotopic (exact) mass is 307 g/mol. The molecule has 0 atom stereocenters. The summed E-state index contributed by atoms with van der Waals surface area (Å²) in [4.78, 5) is 14.0. The van der Waals surface area contributed by atoms with Crippen LogP contribution in [-0.4, -0.2) is 29.2 Å². The van der Waals surface area contributed by atoms with Crippen molar-refractivity contribution in [2.45, 2.75) is 6.92 Å². The molecule has 1 amide bonds. The number of carbonyl (C=O) groups is 1. The van der Waals surface area contributed by atoms with Crippen LogP contribution in [-0.2, 0) is 0 Å². The maximum atomic E-state index is 12.2. The van der Waals surface area contributed by atoms with Crippen molar-refractivity contribution in [3.05, 3.63) is 35.6 Å². The Bertz CT molecular complexity index is 599. The van der Waals surface area contributed by atoms with Gasteiger partial charge in [0, 0.05) is 29.7 Å². The third kappa shape index (κ3) is 1.94. The van der Waals surface area contributed by atoms with Gasteiger partial charge in [-0.1, -0.05) is 27.6 Å². The predicted octanol–water partition coefficient (Wildman–Crippen LogP) is 3.21. The summed E-state index contributed by atoms with van der Waals surface area (Å²) < 4.78 is 5.61. The fraction of sp³-hybridized carbons (Fsp3) is 0.357. The second-order valence-corrected chi connectivity index (χ2v) is 5.53. The molecule has 4 heteroatoms. The van der Waals surface area contributed by atoms with E-state index in [-0.39, 0.29) is 5.91 Å². The summed E-state index contributed by atoms with van der Waals surface area (Å²) in [6.07, 6.45) is 0. The van der Waals surface area contributed by atoms with Gasteiger partial charge in [-0.15, -0.1) is 0 Å². The minimum atomic E-state index is 0.000975. The van der Waals surface area contributed by atoms with Crippen LogP contribution in [0, 0.1) is 12.8 Å². The first-order valence-electron chi connectivity index (χ1n) is 6.03. The lowest BCUT2D eigenvalue weighted by molar-refractivity contribution is 0.0509. The van der Waals surface area contributed by atoms with Crippen LogP contribution in [0.5, 0.6) is 0 Å². The van der Waals surface area contributed by atoms with Crippen molar-refractivity contribution in [2.24, 2.45) is 5.92 Å². The Labute approximate surface area is 114 Å². The Morgan fingerprint density at radius 1 is 1.44 bits per heavy atom. The number of hydrogen-bond donors (Lipinski definition) is 0.